The topological polar surface area (TPSA) is 107 Å². The third-order valence-electron chi connectivity index (χ3n) is 1.93. The van der Waals surface area contributed by atoms with Crippen molar-refractivity contribution >= 4 is 27.5 Å². The molecule has 0 spiro atoms. The van der Waals surface area contributed by atoms with Gasteiger partial charge in [0.05, 0.1) is 4.92 Å². The second kappa shape index (κ2) is 5.60. The van der Waals surface area contributed by atoms with Crippen molar-refractivity contribution in [3.8, 4) is 5.75 Å². The van der Waals surface area contributed by atoms with Crippen molar-refractivity contribution in [3.63, 3.8) is 0 Å². The molecule has 0 aliphatic rings. The molecule has 1 aromatic carbocycles. The van der Waals surface area contributed by atoms with Crippen LogP contribution in [0.2, 0.25) is 0 Å². The maximum Gasteiger partial charge on any atom is 0.312 e. The fourth-order valence-electron chi connectivity index (χ4n) is 1.21. The van der Waals surface area contributed by atoms with Crippen molar-refractivity contribution in [1.29, 1.82) is 0 Å². The molecule has 0 saturated heterocycles. The number of carbonyl (C=O) groups excluding carboxylic acids is 1. The molecule has 0 aliphatic heterocycles. The van der Waals surface area contributed by atoms with Crippen LogP contribution in [0, 0.1) is 17.0 Å². The molecule has 92 valence electrons. The Morgan fingerprint density at radius 1 is 1.65 bits per heavy atom. The summed E-state index contributed by atoms with van der Waals surface area (Å²) in [6.07, 6.45) is 0. The molecule has 1 rings (SSSR count). The number of nitrogens with two attached hydrogens (primary N) is 1. The van der Waals surface area contributed by atoms with Crippen LogP contribution in [-0.4, -0.2) is 17.4 Å². The number of aryl methyl sites for hydroxylation is 1. The number of amides is 1. The van der Waals surface area contributed by atoms with Crippen LogP contribution in [0.4, 0.5) is 5.69 Å². The standard InChI is InChI=1S/C9H10BrN3O4/c1-5-2-6(10)3-7(13(15)16)9(5)17-4-8(14)12-11/h2-3H,4,11H2,1H3,(H,12,14). The van der Waals surface area contributed by atoms with Crippen molar-refractivity contribution in [2.75, 3.05) is 6.61 Å². The van der Waals surface area contributed by atoms with E-state index in [2.05, 4.69) is 15.9 Å². The fourth-order valence-corrected chi connectivity index (χ4v) is 1.78. The molecule has 0 heterocycles. The van der Waals surface area contributed by atoms with E-state index >= 15 is 0 Å². The molecule has 17 heavy (non-hydrogen) atoms. The van der Waals surface area contributed by atoms with Gasteiger partial charge in [0.2, 0.25) is 5.75 Å². The third kappa shape index (κ3) is 3.40. The number of halogens is 1. The lowest BCUT2D eigenvalue weighted by molar-refractivity contribution is -0.385. The Labute approximate surface area is 105 Å². The molecule has 1 aromatic rings. The van der Waals surface area contributed by atoms with E-state index in [0.717, 1.165) is 0 Å². The Bertz CT molecular complexity index is 464. The molecule has 0 saturated carbocycles. The van der Waals surface area contributed by atoms with E-state index in [1.165, 1.54) is 6.07 Å². The predicted octanol–water partition coefficient (Wildman–Crippen LogP) is 1.03. The van der Waals surface area contributed by atoms with Crippen LogP contribution < -0.4 is 16.0 Å². The number of nitrogens with one attached hydrogen (secondary N) is 1. The van der Waals surface area contributed by atoms with Crippen molar-refractivity contribution in [2.24, 2.45) is 5.84 Å². The highest BCUT2D eigenvalue weighted by Crippen LogP contribution is 2.33. The summed E-state index contributed by atoms with van der Waals surface area (Å²) >= 11 is 3.15. The Hall–Kier alpha value is -1.67. The minimum Gasteiger partial charge on any atom is -0.476 e. The number of carbonyl (C=O) groups is 1. The number of ether oxygens (including phenoxy) is 1. The van der Waals surface area contributed by atoms with E-state index in [0.29, 0.717) is 10.0 Å². The number of hydrogen-bond donors (Lipinski definition) is 2. The van der Waals surface area contributed by atoms with E-state index in [1.807, 2.05) is 5.43 Å². The monoisotopic (exact) mass is 303 g/mol. The van der Waals surface area contributed by atoms with Gasteiger partial charge in [-0.1, -0.05) is 15.9 Å². The van der Waals surface area contributed by atoms with Crippen LogP contribution in [-0.2, 0) is 4.79 Å². The molecule has 0 radical (unpaired) electrons. The molecule has 3 N–H and O–H groups in total. The smallest absolute Gasteiger partial charge is 0.312 e. The normalized spacial score (nSPS) is 9.82. The quantitative estimate of drug-likeness (QED) is 0.374. The average Bonchev–Trinajstić information content (AvgIpc) is 2.26. The summed E-state index contributed by atoms with van der Waals surface area (Å²) in [5, 5.41) is 10.8. The maximum absolute atomic E-state index is 10.9. The van der Waals surface area contributed by atoms with E-state index in [9.17, 15) is 14.9 Å². The predicted molar refractivity (Wildman–Crippen MR) is 63.4 cm³/mol. The summed E-state index contributed by atoms with van der Waals surface area (Å²) in [6, 6.07) is 2.96. The van der Waals surface area contributed by atoms with Gasteiger partial charge in [-0.2, -0.15) is 0 Å². The van der Waals surface area contributed by atoms with Crippen molar-refractivity contribution in [2.45, 2.75) is 6.92 Å². The second-order valence-corrected chi connectivity index (χ2v) is 4.10. The Kier molecular flexibility index (Phi) is 4.41. The average molecular weight is 304 g/mol. The minimum atomic E-state index is -0.576. The van der Waals surface area contributed by atoms with Crippen molar-refractivity contribution < 1.29 is 14.5 Å². The summed E-state index contributed by atoms with van der Waals surface area (Å²) in [5.74, 6) is 4.36. The summed E-state index contributed by atoms with van der Waals surface area (Å²) in [6.45, 7) is 1.27. The van der Waals surface area contributed by atoms with Gasteiger partial charge in [0, 0.05) is 10.5 Å². The third-order valence-corrected chi connectivity index (χ3v) is 2.38. The van der Waals surface area contributed by atoms with Crippen molar-refractivity contribution in [1.82, 2.24) is 5.43 Å². The number of rotatable bonds is 4. The molecule has 0 aromatic heterocycles. The Balaban J connectivity index is 3.04. The van der Waals surface area contributed by atoms with E-state index < -0.39 is 10.8 Å². The van der Waals surface area contributed by atoms with Crippen LogP contribution in [0.15, 0.2) is 16.6 Å². The molecule has 7 nitrogen and oxygen atoms in total. The molecule has 0 aliphatic carbocycles. The zero-order chi connectivity index (χ0) is 13.0. The van der Waals surface area contributed by atoms with E-state index in [4.69, 9.17) is 10.6 Å². The van der Waals surface area contributed by atoms with Crippen LogP contribution in [0.5, 0.6) is 5.75 Å². The molecular formula is C9H10BrN3O4. The number of nitro groups is 1. The summed E-state index contributed by atoms with van der Waals surface area (Å²) < 4.78 is 5.65. The van der Waals surface area contributed by atoms with E-state index in [1.54, 1.807) is 13.0 Å². The number of hydrogen-bond acceptors (Lipinski definition) is 5. The summed E-state index contributed by atoms with van der Waals surface area (Å²) in [5.41, 5.74) is 2.22. The van der Waals surface area contributed by atoms with Gasteiger partial charge < -0.3 is 4.74 Å². The summed E-state index contributed by atoms with van der Waals surface area (Å²) in [7, 11) is 0. The molecule has 0 bridgehead atoms. The van der Waals surface area contributed by atoms with Gasteiger partial charge in [-0.05, 0) is 18.6 Å². The highest BCUT2D eigenvalue weighted by Gasteiger charge is 2.19. The molecule has 0 fully saturated rings. The summed E-state index contributed by atoms with van der Waals surface area (Å²) in [4.78, 5) is 21.1. The van der Waals surface area contributed by atoms with E-state index in [-0.39, 0.29) is 18.0 Å². The van der Waals surface area contributed by atoms with Crippen LogP contribution >= 0.6 is 15.9 Å². The highest BCUT2D eigenvalue weighted by molar-refractivity contribution is 9.10. The highest BCUT2D eigenvalue weighted by atomic mass is 79.9. The Morgan fingerprint density at radius 2 is 2.29 bits per heavy atom. The number of nitrogens with zero attached hydrogens (tertiary/aromatic N) is 1. The maximum atomic E-state index is 10.9. The number of hydrazine groups is 1. The largest absolute Gasteiger partial charge is 0.476 e. The first kappa shape index (κ1) is 13.4. The molecular weight excluding hydrogens is 294 g/mol. The van der Waals surface area contributed by atoms with Gasteiger partial charge in [-0.15, -0.1) is 0 Å². The van der Waals surface area contributed by atoms with Gasteiger partial charge in [0.25, 0.3) is 5.91 Å². The minimum absolute atomic E-state index is 0.0572. The van der Waals surface area contributed by atoms with Gasteiger partial charge in [-0.3, -0.25) is 20.3 Å². The van der Waals surface area contributed by atoms with Crippen LogP contribution in [0.25, 0.3) is 0 Å². The van der Waals surface area contributed by atoms with Gasteiger partial charge >= 0.3 is 5.69 Å². The number of nitro benzene ring substituents is 1. The van der Waals surface area contributed by atoms with Gasteiger partial charge in [0.1, 0.15) is 0 Å². The molecule has 0 atom stereocenters. The molecule has 0 unspecified atom stereocenters. The van der Waals surface area contributed by atoms with Crippen LogP contribution in [0.1, 0.15) is 5.56 Å². The van der Waals surface area contributed by atoms with Crippen molar-refractivity contribution in [3.05, 3.63) is 32.3 Å². The lowest BCUT2D eigenvalue weighted by Crippen LogP contribution is -2.34. The number of benzene rings is 1. The molecule has 8 heteroatoms. The first-order chi connectivity index (χ1) is 7.95. The zero-order valence-electron chi connectivity index (χ0n) is 8.90. The van der Waals surface area contributed by atoms with Gasteiger partial charge in [0.15, 0.2) is 6.61 Å². The SMILES string of the molecule is Cc1cc(Br)cc([N+](=O)[O-])c1OCC(=O)NN. The van der Waals surface area contributed by atoms with Gasteiger partial charge in [-0.25, -0.2) is 5.84 Å². The molecule has 1 amide bonds. The Morgan fingerprint density at radius 3 is 2.82 bits per heavy atom. The van der Waals surface area contributed by atoms with Crippen LogP contribution in [0.3, 0.4) is 0 Å². The lowest BCUT2D eigenvalue weighted by Gasteiger charge is -2.09. The first-order valence-electron chi connectivity index (χ1n) is 4.52. The zero-order valence-corrected chi connectivity index (χ0v) is 10.5. The first-order valence-corrected chi connectivity index (χ1v) is 5.31. The fraction of sp³-hybridized carbons (Fsp3) is 0.222. The second-order valence-electron chi connectivity index (χ2n) is 3.18. The lowest BCUT2D eigenvalue weighted by atomic mass is 10.2.